The van der Waals surface area contributed by atoms with Crippen molar-refractivity contribution in [2.45, 2.75) is 38.3 Å². The van der Waals surface area contributed by atoms with Gasteiger partial charge in [-0.25, -0.2) is 0 Å². The van der Waals surface area contributed by atoms with E-state index >= 15 is 0 Å². The standard InChI is InChI=1S/C16H24N2O2/c1-13(14-6-3-2-4-7-14)17-16(20)12-18(10-11-19)15-8-5-9-15/h2-4,6-7,13,15,19H,5,8-12H2,1H3,(H,17,20). The maximum Gasteiger partial charge on any atom is 0.234 e. The van der Waals surface area contributed by atoms with Gasteiger partial charge in [0.25, 0.3) is 0 Å². The fourth-order valence-corrected chi connectivity index (χ4v) is 2.57. The van der Waals surface area contributed by atoms with Gasteiger partial charge in [0.15, 0.2) is 0 Å². The average molecular weight is 276 g/mol. The van der Waals surface area contributed by atoms with E-state index in [9.17, 15) is 4.79 Å². The van der Waals surface area contributed by atoms with Crippen molar-refractivity contribution < 1.29 is 9.90 Å². The summed E-state index contributed by atoms with van der Waals surface area (Å²) in [6.07, 6.45) is 3.51. The number of nitrogens with zero attached hydrogens (tertiary/aromatic N) is 1. The lowest BCUT2D eigenvalue weighted by molar-refractivity contribution is -0.124. The van der Waals surface area contributed by atoms with Crippen LogP contribution in [0.15, 0.2) is 30.3 Å². The van der Waals surface area contributed by atoms with Crippen molar-refractivity contribution in [1.29, 1.82) is 0 Å². The van der Waals surface area contributed by atoms with Crippen LogP contribution in [0.4, 0.5) is 0 Å². The Hall–Kier alpha value is -1.39. The van der Waals surface area contributed by atoms with Gasteiger partial charge in [-0.3, -0.25) is 9.69 Å². The number of hydrogen-bond donors (Lipinski definition) is 2. The Morgan fingerprint density at radius 1 is 1.40 bits per heavy atom. The van der Waals surface area contributed by atoms with Crippen molar-refractivity contribution in [2.24, 2.45) is 0 Å². The summed E-state index contributed by atoms with van der Waals surface area (Å²) in [5, 5.41) is 12.1. The highest BCUT2D eigenvalue weighted by Gasteiger charge is 2.26. The number of carbonyl (C=O) groups excluding carboxylic acids is 1. The molecule has 0 bridgehead atoms. The quantitative estimate of drug-likeness (QED) is 0.797. The molecule has 1 atom stereocenters. The van der Waals surface area contributed by atoms with Gasteiger partial charge in [-0.1, -0.05) is 36.8 Å². The monoisotopic (exact) mass is 276 g/mol. The van der Waals surface area contributed by atoms with Crippen molar-refractivity contribution in [1.82, 2.24) is 10.2 Å². The second-order valence-electron chi connectivity index (χ2n) is 5.48. The first kappa shape index (κ1) is 15.0. The number of hydrogen-bond acceptors (Lipinski definition) is 3. The van der Waals surface area contributed by atoms with Crippen LogP contribution in [0.1, 0.15) is 37.8 Å². The van der Waals surface area contributed by atoms with Gasteiger partial charge in [0.2, 0.25) is 5.91 Å². The zero-order valence-corrected chi connectivity index (χ0v) is 12.1. The lowest BCUT2D eigenvalue weighted by Crippen LogP contribution is -2.47. The van der Waals surface area contributed by atoms with Crippen LogP contribution < -0.4 is 5.32 Å². The molecule has 0 spiro atoms. The molecule has 1 aromatic rings. The number of nitrogens with one attached hydrogen (secondary N) is 1. The summed E-state index contributed by atoms with van der Waals surface area (Å²) in [7, 11) is 0. The lowest BCUT2D eigenvalue weighted by Gasteiger charge is -2.36. The maximum atomic E-state index is 12.1. The first-order valence-electron chi connectivity index (χ1n) is 7.40. The van der Waals surface area contributed by atoms with Gasteiger partial charge in [0.1, 0.15) is 0 Å². The van der Waals surface area contributed by atoms with E-state index < -0.39 is 0 Å². The number of aliphatic hydroxyl groups is 1. The first-order chi connectivity index (χ1) is 9.70. The van der Waals surface area contributed by atoms with E-state index in [-0.39, 0.29) is 18.6 Å². The molecule has 1 aromatic carbocycles. The number of aliphatic hydroxyl groups excluding tert-OH is 1. The molecular weight excluding hydrogens is 252 g/mol. The number of carbonyl (C=O) groups is 1. The zero-order valence-electron chi connectivity index (χ0n) is 12.1. The Bertz CT molecular complexity index is 418. The molecule has 1 aliphatic carbocycles. The highest BCUT2D eigenvalue weighted by molar-refractivity contribution is 5.78. The van der Waals surface area contributed by atoms with E-state index in [4.69, 9.17) is 5.11 Å². The van der Waals surface area contributed by atoms with Gasteiger partial charge in [-0.2, -0.15) is 0 Å². The molecule has 1 fully saturated rings. The average Bonchev–Trinajstić information content (AvgIpc) is 2.37. The van der Waals surface area contributed by atoms with Crippen molar-refractivity contribution in [3.05, 3.63) is 35.9 Å². The van der Waals surface area contributed by atoms with E-state index in [0.29, 0.717) is 19.1 Å². The Balaban J connectivity index is 1.84. The predicted octanol–water partition coefficient (Wildman–Crippen LogP) is 1.71. The van der Waals surface area contributed by atoms with Crippen molar-refractivity contribution in [2.75, 3.05) is 19.7 Å². The highest BCUT2D eigenvalue weighted by atomic mass is 16.3. The molecule has 4 nitrogen and oxygen atoms in total. The zero-order chi connectivity index (χ0) is 14.4. The predicted molar refractivity (Wildman–Crippen MR) is 79.3 cm³/mol. The first-order valence-corrected chi connectivity index (χ1v) is 7.40. The van der Waals surface area contributed by atoms with E-state index in [2.05, 4.69) is 10.2 Å². The van der Waals surface area contributed by atoms with E-state index in [1.807, 2.05) is 37.3 Å². The molecule has 1 aliphatic rings. The van der Waals surface area contributed by atoms with Crippen molar-refractivity contribution in [3.63, 3.8) is 0 Å². The molecule has 20 heavy (non-hydrogen) atoms. The Kier molecular flexibility index (Phi) is 5.56. The molecule has 4 heteroatoms. The fourth-order valence-electron chi connectivity index (χ4n) is 2.57. The van der Waals surface area contributed by atoms with Gasteiger partial charge in [0.05, 0.1) is 19.2 Å². The Morgan fingerprint density at radius 2 is 2.10 bits per heavy atom. The summed E-state index contributed by atoms with van der Waals surface area (Å²) in [4.78, 5) is 14.2. The summed E-state index contributed by atoms with van der Waals surface area (Å²) in [5.41, 5.74) is 1.11. The molecule has 0 aliphatic heterocycles. The second-order valence-corrected chi connectivity index (χ2v) is 5.48. The van der Waals surface area contributed by atoms with Crippen molar-refractivity contribution >= 4 is 5.91 Å². The lowest BCUT2D eigenvalue weighted by atomic mass is 9.91. The minimum atomic E-state index is 0.0149. The molecule has 1 amide bonds. The third kappa shape index (κ3) is 4.05. The molecule has 0 heterocycles. The molecule has 2 rings (SSSR count). The minimum Gasteiger partial charge on any atom is -0.395 e. The normalized spacial score (nSPS) is 16.8. The van der Waals surface area contributed by atoms with Crippen LogP contribution in [-0.2, 0) is 4.79 Å². The van der Waals surface area contributed by atoms with Crippen LogP contribution in [0.5, 0.6) is 0 Å². The third-order valence-electron chi connectivity index (χ3n) is 4.00. The van der Waals surface area contributed by atoms with Gasteiger partial charge < -0.3 is 10.4 Å². The van der Waals surface area contributed by atoms with E-state index in [1.165, 1.54) is 6.42 Å². The molecule has 0 saturated heterocycles. The summed E-state index contributed by atoms with van der Waals surface area (Å²) in [5.74, 6) is 0.0294. The van der Waals surface area contributed by atoms with Gasteiger partial charge in [-0.15, -0.1) is 0 Å². The smallest absolute Gasteiger partial charge is 0.234 e. The topological polar surface area (TPSA) is 52.6 Å². The Labute approximate surface area is 120 Å². The number of benzene rings is 1. The van der Waals surface area contributed by atoms with E-state index in [0.717, 1.165) is 18.4 Å². The maximum absolute atomic E-state index is 12.1. The summed E-state index contributed by atoms with van der Waals surface area (Å²) in [6, 6.07) is 10.4. The van der Waals surface area contributed by atoms with Crippen LogP contribution in [-0.4, -0.2) is 41.7 Å². The van der Waals surface area contributed by atoms with Gasteiger partial charge in [0, 0.05) is 12.6 Å². The molecule has 1 saturated carbocycles. The third-order valence-corrected chi connectivity index (χ3v) is 4.00. The SMILES string of the molecule is CC(NC(=O)CN(CCO)C1CCC1)c1ccccc1. The molecule has 1 unspecified atom stereocenters. The summed E-state index contributed by atoms with van der Waals surface area (Å²) >= 11 is 0. The van der Waals surface area contributed by atoms with Crippen molar-refractivity contribution in [3.8, 4) is 0 Å². The van der Waals surface area contributed by atoms with Gasteiger partial charge >= 0.3 is 0 Å². The van der Waals surface area contributed by atoms with Crippen LogP contribution in [0.2, 0.25) is 0 Å². The molecular formula is C16H24N2O2. The van der Waals surface area contributed by atoms with Gasteiger partial charge in [-0.05, 0) is 25.3 Å². The minimum absolute atomic E-state index is 0.0149. The molecule has 110 valence electrons. The Morgan fingerprint density at radius 3 is 2.65 bits per heavy atom. The van der Waals surface area contributed by atoms with Crippen LogP contribution in [0.3, 0.4) is 0 Å². The van der Waals surface area contributed by atoms with Crippen LogP contribution in [0.25, 0.3) is 0 Å². The number of rotatable bonds is 7. The van der Waals surface area contributed by atoms with E-state index in [1.54, 1.807) is 0 Å². The second kappa shape index (κ2) is 7.41. The van der Waals surface area contributed by atoms with Crippen LogP contribution >= 0.6 is 0 Å². The van der Waals surface area contributed by atoms with Crippen LogP contribution in [0, 0.1) is 0 Å². The summed E-state index contributed by atoms with van der Waals surface area (Å²) < 4.78 is 0. The fraction of sp³-hybridized carbons (Fsp3) is 0.562. The largest absolute Gasteiger partial charge is 0.395 e. The number of amides is 1. The molecule has 0 aromatic heterocycles. The summed E-state index contributed by atoms with van der Waals surface area (Å²) in [6.45, 7) is 3.06. The molecule has 2 N–H and O–H groups in total. The highest BCUT2D eigenvalue weighted by Crippen LogP contribution is 2.24. The molecule has 0 radical (unpaired) electrons.